The lowest BCUT2D eigenvalue weighted by Gasteiger charge is -2.33. The quantitative estimate of drug-likeness (QED) is 0.197. The van der Waals surface area contributed by atoms with Crippen LogP contribution < -0.4 is 15.0 Å². The Morgan fingerprint density at radius 1 is 1.14 bits per heavy atom. The predicted molar refractivity (Wildman–Crippen MR) is 150 cm³/mol. The van der Waals surface area contributed by atoms with Crippen LogP contribution in [-0.4, -0.2) is 68.7 Å². The van der Waals surface area contributed by atoms with Crippen molar-refractivity contribution < 1.29 is 36.2 Å². The van der Waals surface area contributed by atoms with Gasteiger partial charge in [-0.25, -0.2) is 13.8 Å². The standard InChI is InChI=1S/C29H32F5N5O3/c1-16(2)39-24-13-19(12-23(31)27(24)41-15-25(39)40)26(17(3)42-29(32,33)34)37-28(35-4)36-20-6-7-21(22(30)14-20)18-8-10-38(5)11-9-18/h6-7,12-14,16,18H,3,8-11,15H2,1-2,4-5H3,(H,35,36)/b37-26+. The van der Waals surface area contributed by atoms with Crippen molar-refractivity contribution >= 4 is 29.0 Å². The third-order valence-corrected chi connectivity index (χ3v) is 7.03. The van der Waals surface area contributed by atoms with Gasteiger partial charge in [0.25, 0.3) is 5.91 Å². The van der Waals surface area contributed by atoms with Crippen LogP contribution >= 0.6 is 0 Å². The average molecular weight is 594 g/mol. The Balaban J connectivity index is 1.70. The number of guanidine groups is 1. The van der Waals surface area contributed by atoms with E-state index >= 15 is 8.78 Å². The number of halogens is 5. The fraction of sp³-hybridized carbons (Fsp3) is 0.414. The van der Waals surface area contributed by atoms with Gasteiger partial charge < -0.3 is 24.6 Å². The molecule has 1 fully saturated rings. The van der Waals surface area contributed by atoms with Crippen LogP contribution in [0.2, 0.25) is 0 Å². The Labute approximate surface area is 240 Å². The molecule has 13 heteroatoms. The largest absolute Gasteiger partial charge is 0.573 e. The minimum Gasteiger partial charge on any atom is -0.478 e. The summed E-state index contributed by atoms with van der Waals surface area (Å²) in [5.74, 6) is -3.15. The molecule has 4 rings (SSSR count). The molecule has 1 saturated heterocycles. The van der Waals surface area contributed by atoms with Crippen molar-refractivity contribution in [1.82, 2.24) is 4.90 Å². The number of nitrogens with zero attached hydrogens (tertiary/aromatic N) is 4. The van der Waals surface area contributed by atoms with E-state index in [0.717, 1.165) is 32.0 Å². The average Bonchev–Trinajstić information content (AvgIpc) is 2.90. The lowest BCUT2D eigenvalue weighted by Crippen LogP contribution is -2.43. The van der Waals surface area contributed by atoms with Crippen molar-refractivity contribution in [1.29, 1.82) is 0 Å². The molecule has 0 aromatic heterocycles. The summed E-state index contributed by atoms with van der Waals surface area (Å²) in [5, 5.41) is 2.79. The molecule has 1 N–H and O–H groups in total. The zero-order chi connectivity index (χ0) is 30.8. The van der Waals surface area contributed by atoms with Crippen LogP contribution in [0, 0.1) is 11.6 Å². The predicted octanol–water partition coefficient (Wildman–Crippen LogP) is 5.84. The number of benzene rings is 2. The van der Waals surface area contributed by atoms with Crippen molar-refractivity contribution in [2.75, 3.05) is 44.0 Å². The van der Waals surface area contributed by atoms with Gasteiger partial charge in [0.15, 0.2) is 18.2 Å². The van der Waals surface area contributed by atoms with Gasteiger partial charge in [0.1, 0.15) is 17.3 Å². The summed E-state index contributed by atoms with van der Waals surface area (Å²) in [6.07, 6.45) is -3.49. The van der Waals surface area contributed by atoms with Gasteiger partial charge in [0.2, 0.25) is 5.96 Å². The Morgan fingerprint density at radius 3 is 2.43 bits per heavy atom. The summed E-state index contributed by atoms with van der Waals surface area (Å²) in [5.41, 5.74) is 0.134. The van der Waals surface area contributed by atoms with E-state index in [9.17, 15) is 18.0 Å². The van der Waals surface area contributed by atoms with E-state index in [1.54, 1.807) is 26.0 Å². The molecular weight excluding hydrogens is 561 g/mol. The molecule has 0 saturated carbocycles. The number of fused-ring (bicyclic) bond motifs is 1. The van der Waals surface area contributed by atoms with Crippen LogP contribution in [0.15, 0.2) is 52.7 Å². The highest BCUT2D eigenvalue weighted by Crippen LogP contribution is 2.38. The summed E-state index contributed by atoms with van der Waals surface area (Å²) in [6, 6.07) is 6.31. The third kappa shape index (κ3) is 7.07. The van der Waals surface area contributed by atoms with E-state index in [2.05, 4.69) is 31.5 Å². The first kappa shape index (κ1) is 30.9. The van der Waals surface area contributed by atoms with E-state index in [0.29, 0.717) is 5.56 Å². The van der Waals surface area contributed by atoms with E-state index in [1.807, 2.05) is 7.05 Å². The fourth-order valence-corrected chi connectivity index (χ4v) is 5.04. The number of hydrogen-bond acceptors (Lipinski definition) is 5. The van der Waals surface area contributed by atoms with Crippen LogP contribution in [0.4, 0.5) is 33.3 Å². The lowest BCUT2D eigenvalue weighted by atomic mass is 9.89. The third-order valence-electron chi connectivity index (χ3n) is 7.03. The number of carbonyl (C=O) groups is 1. The van der Waals surface area contributed by atoms with Crippen LogP contribution in [0.25, 0.3) is 0 Å². The van der Waals surface area contributed by atoms with Gasteiger partial charge in [0.05, 0.1) is 5.69 Å². The highest BCUT2D eigenvalue weighted by Gasteiger charge is 2.35. The van der Waals surface area contributed by atoms with Gasteiger partial charge in [-0.2, -0.15) is 0 Å². The smallest absolute Gasteiger partial charge is 0.478 e. The monoisotopic (exact) mass is 593 g/mol. The van der Waals surface area contributed by atoms with Gasteiger partial charge in [0, 0.05) is 24.3 Å². The number of ether oxygens (including phenoxy) is 2. The molecule has 0 radical (unpaired) electrons. The van der Waals surface area contributed by atoms with Gasteiger partial charge >= 0.3 is 6.36 Å². The number of amides is 1. The number of hydrogen-bond donors (Lipinski definition) is 1. The summed E-state index contributed by atoms with van der Waals surface area (Å²) in [7, 11) is 3.33. The molecule has 1 amide bonds. The molecule has 2 aliphatic heterocycles. The number of anilines is 2. The number of alkyl halides is 3. The maximum absolute atomic E-state index is 15.2. The Kier molecular flexibility index (Phi) is 9.19. The molecule has 0 unspecified atom stereocenters. The molecule has 0 spiro atoms. The molecule has 2 heterocycles. The van der Waals surface area contributed by atoms with Crippen molar-refractivity contribution in [3.63, 3.8) is 0 Å². The summed E-state index contributed by atoms with van der Waals surface area (Å²) >= 11 is 0. The first-order chi connectivity index (χ1) is 19.8. The second kappa shape index (κ2) is 12.5. The summed E-state index contributed by atoms with van der Waals surface area (Å²) < 4.78 is 79.2. The zero-order valence-corrected chi connectivity index (χ0v) is 23.7. The highest BCUT2D eigenvalue weighted by atomic mass is 19.4. The summed E-state index contributed by atoms with van der Waals surface area (Å²) in [4.78, 5) is 24.1. The van der Waals surface area contributed by atoms with E-state index < -0.39 is 48.0 Å². The number of carbonyl (C=O) groups excluding carboxylic acids is 1. The van der Waals surface area contributed by atoms with Crippen LogP contribution in [0.1, 0.15) is 43.7 Å². The van der Waals surface area contributed by atoms with E-state index in [4.69, 9.17) is 4.74 Å². The van der Waals surface area contributed by atoms with E-state index in [1.165, 1.54) is 24.1 Å². The Hall–Kier alpha value is -4.00. The Morgan fingerprint density at radius 2 is 1.83 bits per heavy atom. The number of allylic oxidation sites excluding steroid dienone is 1. The number of aliphatic imine (C=N–C) groups is 2. The van der Waals surface area contributed by atoms with Crippen molar-refractivity contribution in [2.24, 2.45) is 9.98 Å². The van der Waals surface area contributed by atoms with E-state index in [-0.39, 0.29) is 34.6 Å². The normalized spacial score (nSPS) is 17.3. The lowest BCUT2D eigenvalue weighted by molar-refractivity contribution is -0.301. The summed E-state index contributed by atoms with van der Waals surface area (Å²) in [6.45, 7) is 8.07. The first-order valence-corrected chi connectivity index (χ1v) is 13.3. The highest BCUT2D eigenvalue weighted by molar-refractivity contribution is 6.18. The maximum atomic E-state index is 15.2. The van der Waals surface area contributed by atoms with Crippen molar-refractivity contribution in [2.45, 2.75) is 45.0 Å². The van der Waals surface area contributed by atoms with Crippen LogP contribution in [0.5, 0.6) is 5.75 Å². The molecule has 2 aliphatic rings. The first-order valence-electron chi connectivity index (χ1n) is 13.3. The molecule has 0 bridgehead atoms. The van der Waals surface area contributed by atoms with Gasteiger partial charge in [-0.15, -0.1) is 13.2 Å². The second-order valence-corrected chi connectivity index (χ2v) is 10.4. The number of nitrogens with one attached hydrogen (secondary N) is 1. The number of piperidine rings is 1. The van der Waals surface area contributed by atoms with Crippen molar-refractivity contribution in [3.8, 4) is 5.75 Å². The van der Waals surface area contributed by atoms with Gasteiger partial charge in [-0.1, -0.05) is 12.6 Å². The van der Waals surface area contributed by atoms with Crippen LogP contribution in [-0.2, 0) is 9.53 Å². The topological polar surface area (TPSA) is 78.8 Å². The minimum atomic E-state index is -5.13. The van der Waals surface area contributed by atoms with Crippen LogP contribution in [0.3, 0.4) is 0 Å². The molecule has 2 aromatic carbocycles. The zero-order valence-electron chi connectivity index (χ0n) is 23.7. The number of likely N-dealkylation sites (tertiary alicyclic amines) is 1. The van der Waals surface area contributed by atoms with Gasteiger partial charge in [-0.05, 0) is 82.6 Å². The maximum Gasteiger partial charge on any atom is 0.573 e. The van der Waals surface area contributed by atoms with Gasteiger partial charge in [-0.3, -0.25) is 9.79 Å². The molecule has 0 aliphatic carbocycles. The molecule has 2 aromatic rings. The number of rotatable bonds is 6. The fourth-order valence-electron chi connectivity index (χ4n) is 5.04. The second-order valence-electron chi connectivity index (χ2n) is 10.4. The minimum absolute atomic E-state index is 0.0123. The molecule has 0 atom stereocenters. The SMILES string of the molecule is C=C(OC(F)(F)F)/C(=N\C(=N/C)Nc1ccc(C2CCN(C)CC2)c(F)c1)c1cc(F)c2c(c1)N(C(C)C)C(=O)CO2. The molecule has 226 valence electrons. The molecule has 8 nitrogen and oxygen atoms in total. The van der Waals surface area contributed by atoms with Crippen molar-refractivity contribution in [3.05, 3.63) is 65.4 Å². The molecular formula is C29H32F5N5O3. The molecule has 42 heavy (non-hydrogen) atoms. The Bertz CT molecular complexity index is 1420.